The third kappa shape index (κ3) is 3.26. The van der Waals surface area contributed by atoms with Crippen molar-refractivity contribution in [2.24, 2.45) is 0 Å². The Labute approximate surface area is 85.2 Å². The Bertz CT molecular complexity index is 195. The molecule has 1 aliphatic rings. The van der Waals surface area contributed by atoms with Gasteiger partial charge in [-0.25, -0.2) is 0 Å². The van der Waals surface area contributed by atoms with Gasteiger partial charge in [0, 0.05) is 33.1 Å². The van der Waals surface area contributed by atoms with Gasteiger partial charge in [0.05, 0.1) is 12.7 Å². The summed E-state index contributed by atoms with van der Waals surface area (Å²) in [5, 5.41) is 11.6. The zero-order valence-electron chi connectivity index (χ0n) is 8.71. The summed E-state index contributed by atoms with van der Waals surface area (Å²) < 4.78 is 10.8. The number of rotatable bonds is 6. The molecule has 4 nitrogen and oxygen atoms in total. The summed E-state index contributed by atoms with van der Waals surface area (Å²) in [4.78, 5) is 0. The molecule has 1 atom stereocenters. The van der Waals surface area contributed by atoms with E-state index in [1.807, 2.05) is 0 Å². The first-order valence-corrected chi connectivity index (χ1v) is 5.03. The van der Waals surface area contributed by atoms with E-state index in [4.69, 9.17) is 14.7 Å². The van der Waals surface area contributed by atoms with Crippen molar-refractivity contribution in [1.29, 1.82) is 5.26 Å². The van der Waals surface area contributed by atoms with Crippen molar-refractivity contribution < 1.29 is 9.47 Å². The molecule has 1 rings (SSSR count). The summed E-state index contributed by atoms with van der Waals surface area (Å²) in [6, 6.07) is 2.12. The fourth-order valence-corrected chi connectivity index (χ4v) is 1.57. The van der Waals surface area contributed by atoms with Crippen LogP contribution >= 0.6 is 0 Å². The van der Waals surface area contributed by atoms with E-state index in [1.54, 1.807) is 7.11 Å². The highest BCUT2D eigenvalue weighted by atomic mass is 16.5. The fourth-order valence-electron chi connectivity index (χ4n) is 1.57. The Balaban J connectivity index is 2.12. The molecular formula is C10H18N2O2. The second-order valence-corrected chi connectivity index (χ2v) is 3.63. The molecule has 1 aliphatic heterocycles. The molecule has 0 radical (unpaired) electrons. The number of unbranched alkanes of at least 4 members (excludes halogenated alkanes) is 1. The number of nitrogens with one attached hydrogen (secondary N) is 1. The minimum atomic E-state index is -0.132. The van der Waals surface area contributed by atoms with Gasteiger partial charge >= 0.3 is 0 Å². The average Bonchev–Trinajstić information content (AvgIpc) is 2.67. The lowest BCUT2D eigenvalue weighted by atomic mass is 10.0. The van der Waals surface area contributed by atoms with Gasteiger partial charge in [-0.05, 0) is 13.0 Å². The minimum absolute atomic E-state index is 0.132. The first-order chi connectivity index (χ1) is 6.83. The largest absolute Gasteiger partial charge is 0.378 e. The maximum Gasteiger partial charge on any atom is 0.106 e. The minimum Gasteiger partial charge on any atom is -0.378 e. The van der Waals surface area contributed by atoms with Crippen molar-refractivity contribution in [2.45, 2.75) is 24.9 Å². The zero-order chi connectivity index (χ0) is 10.3. The first-order valence-electron chi connectivity index (χ1n) is 5.03. The lowest BCUT2D eigenvalue weighted by Crippen LogP contribution is -2.43. The van der Waals surface area contributed by atoms with E-state index in [9.17, 15) is 0 Å². The lowest BCUT2D eigenvalue weighted by Gasteiger charge is -2.25. The van der Waals surface area contributed by atoms with Crippen LogP contribution in [0.3, 0.4) is 0 Å². The molecule has 0 saturated carbocycles. The molecule has 0 bridgehead atoms. The van der Waals surface area contributed by atoms with Gasteiger partial charge < -0.3 is 14.8 Å². The van der Waals surface area contributed by atoms with Crippen LogP contribution in [0.1, 0.15) is 19.3 Å². The highest BCUT2D eigenvalue weighted by Gasteiger charge is 2.34. The van der Waals surface area contributed by atoms with E-state index in [2.05, 4.69) is 11.4 Å². The van der Waals surface area contributed by atoms with E-state index >= 15 is 0 Å². The van der Waals surface area contributed by atoms with Gasteiger partial charge in [0.15, 0.2) is 0 Å². The standard InChI is InChI=1S/C10H18N2O2/c1-13-10(4-7-14-9-10)8-12-6-3-2-5-11/h12H,2-4,6-9H2,1H3. The van der Waals surface area contributed by atoms with Gasteiger partial charge in [-0.1, -0.05) is 0 Å². The molecule has 0 spiro atoms. The maximum atomic E-state index is 8.35. The molecule has 0 aromatic carbocycles. The fraction of sp³-hybridized carbons (Fsp3) is 0.900. The lowest BCUT2D eigenvalue weighted by molar-refractivity contribution is -0.0155. The molecule has 1 saturated heterocycles. The topological polar surface area (TPSA) is 54.3 Å². The summed E-state index contributed by atoms with van der Waals surface area (Å²) in [6.07, 6.45) is 2.47. The Morgan fingerprint density at radius 1 is 1.64 bits per heavy atom. The number of nitrogens with zero attached hydrogens (tertiary/aromatic N) is 1. The van der Waals surface area contributed by atoms with Gasteiger partial charge in [-0.15, -0.1) is 0 Å². The molecule has 0 amide bonds. The Hall–Kier alpha value is -0.630. The van der Waals surface area contributed by atoms with E-state index in [0.29, 0.717) is 13.0 Å². The van der Waals surface area contributed by atoms with Crippen molar-refractivity contribution in [3.63, 3.8) is 0 Å². The maximum absolute atomic E-state index is 8.35. The monoisotopic (exact) mass is 198 g/mol. The molecule has 0 aromatic rings. The highest BCUT2D eigenvalue weighted by Crippen LogP contribution is 2.21. The van der Waals surface area contributed by atoms with Crippen molar-refractivity contribution in [1.82, 2.24) is 5.32 Å². The van der Waals surface area contributed by atoms with Gasteiger partial charge in [-0.2, -0.15) is 5.26 Å². The SMILES string of the molecule is COC1(CNCCCC#N)CCOC1. The van der Waals surface area contributed by atoms with Crippen molar-refractivity contribution in [3.8, 4) is 6.07 Å². The van der Waals surface area contributed by atoms with E-state index in [0.717, 1.165) is 32.5 Å². The van der Waals surface area contributed by atoms with Crippen molar-refractivity contribution in [2.75, 3.05) is 33.4 Å². The quantitative estimate of drug-likeness (QED) is 0.638. The van der Waals surface area contributed by atoms with Crippen LogP contribution in [0, 0.1) is 11.3 Å². The second-order valence-electron chi connectivity index (χ2n) is 3.63. The second kappa shape index (κ2) is 5.97. The molecule has 0 aromatic heterocycles. The molecule has 1 N–H and O–H groups in total. The number of methoxy groups -OCH3 is 1. The van der Waals surface area contributed by atoms with Gasteiger partial charge in [0.1, 0.15) is 5.60 Å². The number of ether oxygens (including phenoxy) is 2. The van der Waals surface area contributed by atoms with Crippen LogP contribution in [0.25, 0.3) is 0 Å². The molecular weight excluding hydrogens is 180 g/mol. The van der Waals surface area contributed by atoms with Gasteiger partial charge in [-0.3, -0.25) is 0 Å². The molecule has 1 unspecified atom stereocenters. The molecule has 1 fully saturated rings. The van der Waals surface area contributed by atoms with Gasteiger partial charge in [0.25, 0.3) is 0 Å². The summed E-state index contributed by atoms with van der Waals surface area (Å²) >= 11 is 0. The average molecular weight is 198 g/mol. The molecule has 14 heavy (non-hydrogen) atoms. The van der Waals surface area contributed by atoms with Crippen LogP contribution in [0.2, 0.25) is 0 Å². The van der Waals surface area contributed by atoms with E-state index in [-0.39, 0.29) is 5.60 Å². The van der Waals surface area contributed by atoms with Crippen LogP contribution in [0.15, 0.2) is 0 Å². The normalized spacial score (nSPS) is 26.3. The predicted octanol–water partition coefficient (Wildman–Crippen LogP) is 0.685. The van der Waals surface area contributed by atoms with Gasteiger partial charge in [0.2, 0.25) is 0 Å². The summed E-state index contributed by atoms with van der Waals surface area (Å²) in [5.41, 5.74) is -0.132. The zero-order valence-corrected chi connectivity index (χ0v) is 8.71. The third-order valence-electron chi connectivity index (χ3n) is 2.59. The predicted molar refractivity (Wildman–Crippen MR) is 52.9 cm³/mol. The summed E-state index contributed by atoms with van der Waals surface area (Å²) in [7, 11) is 1.73. The molecule has 4 heteroatoms. The third-order valence-corrected chi connectivity index (χ3v) is 2.59. The van der Waals surface area contributed by atoms with Crippen LogP contribution in [-0.4, -0.2) is 39.0 Å². The van der Waals surface area contributed by atoms with E-state index in [1.165, 1.54) is 0 Å². The van der Waals surface area contributed by atoms with Crippen LogP contribution in [-0.2, 0) is 9.47 Å². The smallest absolute Gasteiger partial charge is 0.106 e. The highest BCUT2D eigenvalue weighted by molar-refractivity contribution is 4.86. The summed E-state index contributed by atoms with van der Waals surface area (Å²) in [5.74, 6) is 0. The Kier molecular flexibility index (Phi) is 4.88. The molecule has 0 aliphatic carbocycles. The summed E-state index contributed by atoms with van der Waals surface area (Å²) in [6.45, 7) is 3.15. The van der Waals surface area contributed by atoms with Crippen LogP contribution in [0.4, 0.5) is 0 Å². The number of hydrogen-bond acceptors (Lipinski definition) is 4. The Morgan fingerprint density at radius 3 is 3.07 bits per heavy atom. The number of nitriles is 1. The first kappa shape index (κ1) is 11.4. The van der Waals surface area contributed by atoms with Crippen molar-refractivity contribution >= 4 is 0 Å². The van der Waals surface area contributed by atoms with Crippen LogP contribution < -0.4 is 5.32 Å². The number of hydrogen-bond donors (Lipinski definition) is 1. The Morgan fingerprint density at radius 2 is 2.50 bits per heavy atom. The van der Waals surface area contributed by atoms with E-state index < -0.39 is 0 Å². The van der Waals surface area contributed by atoms with Crippen LogP contribution in [0.5, 0.6) is 0 Å². The van der Waals surface area contributed by atoms with Crippen molar-refractivity contribution in [3.05, 3.63) is 0 Å². The molecule has 1 heterocycles. The molecule has 80 valence electrons.